The summed E-state index contributed by atoms with van der Waals surface area (Å²) in [5, 5.41) is 3.64. The highest BCUT2D eigenvalue weighted by Crippen LogP contribution is 2.36. The lowest BCUT2D eigenvalue weighted by Gasteiger charge is -2.39. The van der Waals surface area contributed by atoms with E-state index in [1.54, 1.807) is 4.90 Å². The highest BCUT2D eigenvalue weighted by molar-refractivity contribution is 6.31. The predicted octanol–water partition coefficient (Wildman–Crippen LogP) is 4.05. The van der Waals surface area contributed by atoms with Gasteiger partial charge < -0.3 is 19.7 Å². The number of hydrogen-bond donors (Lipinski definition) is 1. The molecular weight excluding hydrogens is 400 g/mol. The Balaban J connectivity index is 1.60. The number of aromatic nitrogens is 1. The number of nitrogens with zero attached hydrogens (tertiary/aromatic N) is 3. The van der Waals surface area contributed by atoms with Gasteiger partial charge in [-0.05, 0) is 57.4 Å². The third kappa shape index (κ3) is 4.33. The van der Waals surface area contributed by atoms with Gasteiger partial charge in [-0.3, -0.25) is 4.79 Å². The van der Waals surface area contributed by atoms with E-state index in [-0.39, 0.29) is 36.1 Å². The number of carbonyl (C=O) groups is 2. The summed E-state index contributed by atoms with van der Waals surface area (Å²) in [6.45, 7) is 7.23. The van der Waals surface area contributed by atoms with Crippen LogP contribution in [0.3, 0.4) is 0 Å². The third-order valence-electron chi connectivity index (χ3n) is 5.59. The van der Waals surface area contributed by atoms with Crippen LogP contribution in [0.2, 0.25) is 5.02 Å². The summed E-state index contributed by atoms with van der Waals surface area (Å²) in [5.74, 6) is -0.0525. The van der Waals surface area contributed by atoms with Gasteiger partial charge in [-0.15, -0.1) is 0 Å². The van der Waals surface area contributed by atoms with Crippen LogP contribution in [0.1, 0.15) is 50.9 Å². The van der Waals surface area contributed by atoms with Crippen LogP contribution in [-0.4, -0.2) is 51.0 Å². The molecule has 0 unspecified atom stereocenters. The Kier molecular flexibility index (Phi) is 5.53. The fraction of sp³-hybridized carbons (Fsp3) is 0.478. The molecule has 4 rings (SSSR count). The molecule has 0 bridgehead atoms. The number of rotatable bonds is 4. The maximum Gasteiger partial charge on any atom is 0.318 e. The van der Waals surface area contributed by atoms with Crippen molar-refractivity contribution in [3.05, 3.63) is 58.9 Å². The fourth-order valence-corrected chi connectivity index (χ4v) is 4.30. The van der Waals surface area contributed by atoms with Crippen molar-refractivity contribution in [1.29, 1.82) is 0 Å². The molecule has 6 nitrogen and oxygen atoms in total. The summed E-state index contributed by atoms with van der Waals surface area (Å²) < 4.78 is 2.17. The summed E-state index contributed by atoms with van der Waals surface area (Å²) in [4.78, 5) is 29.9. The van der Waals surface area contributed by atoms with Gasteiger partial charge in [-0.25, -0.2) is 4.79 Å². The number of benzene rings is 1. The van der Waals surface area contributed by atoms with E-state index in [1.807, 2.05) is 68.3 Å². The molecule has 1 aliphatic heterocycles. The van der Waals surface area contributed by atoms with Gasteiger partial charge in [0.2, 0.25) is 5.91 Å². The summed E-state index contributed by atoms with van der Waals surface area (Å²) in [6.07, 6.45) is 3.93. The number of nitrogens with one attached hydrogen (secondary N) is 1. The number of amides is 3. The van der Waals surface area contributed by atoms with Crippen molar-refractivity contribution in [3.8, 4) is 0 Å². The van der Waals surface area contributed by atoms with Gasteiger partial charge in [0, 0.05) is 41.6 Å². The second-order valence-electron chi connectivity index (χ2n) is 9.18. The lowest BCUT2D eigenvalue weighted by atomic mass is 9.99. The number of fused-ring (bicyclic) bond motifs is 1. The predicted molar refractivity (Wildman–Crippen MR) is 117 cm³/mol. The van der Waals surface area contributed by atoms with Gasteiger partial charge >= 0.3 is 6.03 Å². The summed E-state index contributed by atoms with van der Waals surface area (Å²) in [7, 11) is 0. The van der Waals surface area contributed by atoms with Gasteiger partial charge in [-0.2, -0.15) is 0 Å². The molecule has 30 heavy (non-hydrogen) atoms. The lowest BCUT2D eigenvalue weighted by Crippen LogP contribution is -2.53. The van der Waals surface area contributed by atoms with Crippen molar-refractivity contribution in [2.75, 3.05) is 13.1 Å². The van der Waals surface area contributed by atoms with Crippen LogP contribution >= 0.6 is 11.6 Å². The van der Waals surface area contributed by atoms with Crippen LogP contribution in [0.5, 0.6) is 0 Å². The van der Waals surface area contributed by atoms with E-state index in [0.29, 0.717) is 11.6 Å². The van der Waals surface area contributed by atoms with E-state index in [1.165, 1.54) is 0 Å². The highest BCUT2D eigenvalue weighted by Gasteiger charge is 2.39. The maximum absolute atomic E-state index is 13.5. The molecule has 1 N–H and O–H groups in total. The molecule has 0 radical (unpaired) electrons. The van der Waals surface area contributed by atoms with Crippen molar-refractivity contribution in [3.63, 3.8) is 0 Å². The third-order valence-corrected chi connectivity index (χ3v) is 5.94. The molecule has 1 saturated carbocycles. The van der Waals surface area contributed by atoms with Crippen LogP contribution in [-0.2, 0) is 11.3 Å². The number of halogens is 1. The van der Waals surface area contributed by atoms with Gasteiger partial charge in [0.25, 0.3) is 0 Å². The van der Waals surface area contributed by atoms with E-state index in [9.17, 15) is 9.59 Å². The summed E-state index contributed by atoms with van der Waals surface area (Å²) >= 11 is 6.53. The van der Waals surface area contributed by atoms with E-state index in [0.717, 1.165) is 30.6 Å². The average Bonchev–Trinajstić information content (AvgIpc) is 3.40. The van der Waals surface area contributed by atoms with Crippen molar-refractivity contribution >= 4 is 23.5 Å². The Bertz CT molecular complexity index is 945. The first-order valence-corrected chi connectivity index (χ1v) is 10.9. The zero-order chi connectivity index (χ0) is 21.5. The molecule has 7 heteroatoms. The van der Waals surface area contributed by atoms with Crippen LogP contribution in [0.4, 0.5) is 4.79 Å². The first-order chi connectivity index (χ1) is 14.2. The quantitative estimate of drug-likeness (QED) is 0.798. The first kappa shape index (κ1) is 20.8. The molecule has 1 aromatic carbocycles. The van der Waals surface area contributed by atoms with E-state index >= 15 is 0 Å². The molecule has 1 fully saturated rings. The largest absolute Gasteiger partial charge is 0.348 e. The molecule has 0 spiro atoms. The van der Waals surface area contributed by atoms with Gasteiger partial charge in [0.1, 0.15) is 6.54 Å². The Labute approximate surface area is 182 Å². The molecule has 3 amide bonds. The summed E-state index contributed by atoms with van der Waals surface area (Å²) in [6, 6.07) is 11.4. The van der Waals surface area contributed by atoms with Crippen LogP contribution < -0.4 is 5.32 Å². The van der Waals surface area contributed by atoms with Gasteiger partial charge in [-0.1, -0.05) is 29.8 Å². The zero-order valence-corrected chi connectivity index (χ0v) is 18.5. The molecule has 1 aromatic heterocycles. The SMILES string of the molecule is CC(C)(C)NC(=O)N(CC(=O)N1CCn2cccc2[C@@H]1c1ccccc1Cl)C1CC1. The molecule has 1 atom stereocenters. The Morgan fingerprint density at radius 1 is 1.13 bits per heavy atom. The van der Waals surface area contributed by atoms with Crippen LogP contribution in [0.25, 0.3) is 0 Å². The number of urea groups is 1. The van der Waals surface area contributed by atoms with Gasteiger partial charge in [0.05, 0.1) is 6.04 Å². The van der Waals surface area contributed by atoms with E-state index < -0.39 is 0 Å². The van der Waals surface area contributed by atoms with Crippen molar-refractivity contribution < 1.29 is 9.59 Å². The molecule has 2 aromatic rings. The Morgan fingerprint density at radius 3 is 2.53 bits per heavy atom. The zero-order valence-electron chi connectivity index (χ0n) is 17.8. The second kappa shape index (κ2) is 7.99. The smallest absolute Gasteiger partial charge is 0.318 e. The van der Waals surface area contributed by atoms with Crippen molar-refractivity contribution in [2.45, 2.75) is 57.8 Å². The fourth-order valence-electron chi connectivity index (χ4n) is 4.06. The molecule has 0 saturated heterocycles. The van der Waals surface area contributed by atoms with Crippen LogP contribution in [0.15, 0.2) is 42.6 Å². The van der Waals surface area contributed by atoms with Crippen LogP contribution in [0, 0.1) is 0 Å². The number of hydrogen-bond acceptors (Lipinski definition) is 2. The summed E-state index contributed by atoms with van der Waals surface area (Å²) in [5.41, 5.74) is 1.60. The second-order valence-corrected chi connectivity index (χ2v) is 9.58. The minimum atomic E-state index is -0.348. The molecule has 2 aliphatic rings. The maximum atomic E-state index is 13.5. The molecular formula is C23H29ClN4O2. The first-order valence-electron chi connectivity index (χ1n) is 10.5. The lowest BCUT2D eigenvalue weighted by molar-refractivity contribution is -0.134. The van der Waals surface area contributed by atoms with Crippen molar-refractivity contribution in [2.24, 2.45) is 0 Å². The highest BCUT2D eigenvalue weighted by atomic mass is 35.5. The van der Waals surface area contributed by atoms with Gasteiger partial charge in [0.15, 0.2) is 0 Å². The Morgan fingerprint density at radius 2 is 1.87 bits per heavy atom. The average molecular weight is 429 g/mol. The van der Waals surface area contributed by atoms with E-state index in [4.69, 9.17) is 11.6 Å². The normalized spacial score (nSPS) is 18.7. The standard InChI is InChI=1S/C23H29ClN4O2/c1-23(2,3)25-22(30)28(16-10-11-16)15-20(29)27-14-13-26-12-6-9-19(26)21(27)17-7-4-5-8-18(17)24/h4-9,12,16,21H,10-11,13-15H2,1-3H3,(H,25,30)/t21-/m0/s1. The minimum Gasteiger partial charge on any atom is -0.348 e. The molecule has 2 heterocycles. The van der Waals surface area contributed by atoms with Crippen molar-refractivity contribution in [1.82, 2.24) is 19.7 Å². The monoisotopic (exact) mass is 428 g/mol. The molecule has 160 valence electrons. The molecule has 1 aliphatic carbocycles. The Hall–Kier alpha value is -2.47. The number of carbonyl (C=O) groups excluding carboxylic acids is 2. The topological polar surface area (TPSA) is 57.6 Å². The van der Waals surface area contributed by atoms with E-state index in [2.05, 4.69) is 9.88 Å². The minimum absolute atomic E-state index is 0.0525.